The number of nitrogens with zero attached hydrogens (tertiary/aromatic N) is 2. The van der Waals surface area contributed by atoms with Crippen LogP contribution in [0.5, 0.6) is 0 Å². The molecule has 0 aliphatic carbocycles. The van der Waals surface area contributed by atoms with Crippen molar-refractivity contribution in [2.45, 2.75) is 59.2 Å². The van der Waals surface area contributed by atoms with Crippen LogP contribution in [0.3, 0.4) is 0 Å². The van der Waals surface area contributed by atoms with Crippen molar-refractivity contribution in [1.82, 2.24) is 10.2 Å². The third kappa shape index (κ3) is 7.80. The van der Waals surface area contributed by atoms with E-state index in [1.54, 1.807) is 43.3 Å². The molecule has 2 atom stereocenters. The van der Waals surface area contributed by atoms with Crippen molar-refractivity contribution < 1.29 is 22.8 Å². The molecule has 0 saturated carbocycles. The van der Waals surface area contributed by atoms with Crippen molar-refractivity contribution in [1.29, 1.82) is 0 Å². The molecule has 0 saturated heterocycles. The fourth-order valence-corrected chi connectivity index (χ4v) is 4.70. The van der Waals surface area contributed by atoms with Crippen LogP contribution in [-0.2, 0) is 26.2 Å². The third-order valence-corrected chi connectivity index (χ3v) is 7.41. The highest BCUT2D eigenvalue weighted by Crippen LogP contribution is 2.23. The first-order valence-corrected chi connectivity index (χ1v) is 14.0. The van der Waals surface area contributed by atoms with E-state index in [-0.39, 0.29) is 30.0 Å². The number of nitrogens with one attached hydrogen (secondary N) is 1. The molecule has 0 aliphatic rings. The fraction of sp³-hybridized carbons (Fsp3) is 0.423. The summed E-state index contributed by atoms with van der Waals surface area (Å²) in [5, 5.41) is 3.35. The van der Waals surface area contributed by atoms with Crippen molar-refractivity contribution in [3.63, 3.8) is 0 Å². The Kier molecular flexibility index (Phi) is 10.5. The molecule has 8 nitrogen and oxygen atoms in total. The molecule has 0 spiro atoms. The van der Waals surface area contributed by atoms with E-state index in [1.165, 1.54) is 24.0 Å². The SMILES string of the molecule is CC[C@H](C)NC(=O)[C@H](CC)N(Cc1ccccc1Cl)C(=O)CN(c1cccc(C(C)=O)c1)S(C)(=O)=O. The van der Waals surface area contributed by atoms with Crippen molar-refractivity contribution in [2.75, 3.05) is 17.1 Å². The summed E-state index contributed by atoms with van der Waals surface area (Å²) in [7, 11) is -3.90. The molecule has 10 heteroatoms. The Balaban J connectivity index is 2.49. The molecule has 0 aliphatic heterocycles. The lowest BCUT2D eigenvalue weighted by Crippen LogP contribution is -2.53. The Morgan fingerprint density at radius 1 is 1.03 bits per heavy atom. The maximum Gasteiger partial charge on any atom is 0.244 e. The van der Waals surface area contributed by atoms with Gasteiger partial charge < -0.3 is 10.2 Å². The summed E-state index contributed by atoms with van der Waals surface area (Å²) < 4.78 is 26.4. The normalized spacial score (nSPS) is 12.9. The maximum atomic E-state index is 13.7. The highest BCUT2D eigenvalue weighted by molar-refractivity contribution is 7.92. The summed E-state index contributed by atoms with van der Waals surface area (Å²) in [6, 6.07) is 12.1. The van der Waals surface area contributed by atoms with Gasteiger partial charge in [0.25, 0.3) is 0 Å². The Labute approximate surface area is 218 Å². The fourth-order valence-electron chi connectivity index (χ4n) is 3.66. The van der Waals surface area contributed by atoms with Gasteiger partial charge in [-0.05, 0) is 50.5 Å². The Morgan fingerprint density at radius 2 is 1.69 bits per heavy atom. The van der Waals surface area contributed by atoms with E-state index < -0.39 is 28.5 Å². The summed E-state index contributed by atoms with van der Waals surface area (Å²) in [5.41, 5.74) is 1.14. The number of anilines is 1. The van der Waals surface area contributed by atoms with Crippen LogP contribution >= 0.6 is 11.6 Å². The molecule has 0 unspecified atom stereocenters. The van der Waals surface area contributed by atoms with E-state index >= 15 is 0 Å². The van der Waals surface area contributed by atoms with Gasteiger partial charge in [0.2, 0.25) is 21.8 Å². The molecule has 2 amide bonds. The van der Waals surface area contributed by atoms with Crippen LogP contribution in [0.1, 0.15) is 56.5 Å². The average Bonchev–Trinajstić information content (AvgIpc) is 2.82. The number of carbonyl (C=O) groups excluding carboxylic acids is 3. The Hall–Kier alpha value is -2.91. The molecule has 2 aromatic carbocycles. The lowest BCUT2D eigenvalue weighted by atomic mass is 10.1. The molecule has 2 rings (SSSR count). The average molecular weight is 536 g/mol. The van der Waals surface area contributed by atoms with E-state index in [0.717, 1.165) is 17.0 Å². The van der Waals surface area contributed by atoms with E-state index in [9.17, 15) is 22.8 Å². The zero-order valence-electron chi connectivity index (χ0n) is 21.3. The molecule has 1 N–H and O–H groups in total. The second kappa shape index (κ2) is 12.9. The minimum atomic E-state index is -3.90. The summed E-state index contributed by atoms with van der Waals surface area (Å²) >= 11 is 6.35. The van der Waals surface area contributed by atoms with Crippen LogP contribution in [0.4, 0.5) is 5.69 Å². The van der Waals surface area contributed by atoms with E-state index in [1.807, 2.05) is 13.8 Å². The Morgan fingerprint density at radius 3 is 2.25 bits per heavy atom. The van der Waals surface area contributed by atoms with Gasteiger partial charge in [-0.1, -0.05) is 55.8 Å². The largest absolute Gasteiger partial charge is 0.352 e. The van der Waals surface area contributed by atoms with Crippen LogP contribution in [-0.4, -0.2) is 55.8 Å². The van der Waals surface area contributed by atoms with Crippen molar-refractivity contribution in [3.8, 4) is 0 Å². The molecule has 0 aromatic heterocycles. The smallest absolute Gasteiger partial charge is 0.244 e. The predicted octanol–water partition coefficient (Wildman–Crippen LogP) is 4.03. The minimum absolute atomic E-state index is 0.0238. The number of ketones is 1. The van der Waals surface area contributed by atoms with Gasteiger partial charge in [-0.25, -0.2) is 8.42 Å². The van der Waals surface area contributed by atoms with Crippen molar-refractivity contribution >= 4 is 44.9 Å². The number of halogens is 1. The van der Waals surface area contributed by atoms with Gasteiger partial charge in [0, 0.05) is 23.2 Å². The zero-order valence-corrected chi connectivity index (χ0v) is 22.9. The van der Waals surface area contributed by atoms with Gasteiger partial charge in [0.05, 0.1) is 11.9 Å². The molecule has 196 valence electrons. The zero-order chi connectivity index (χ0) is 27.0. The van der Waals surface area contributed by atoms with Gasteiger partial charge in [-0.3, -0.25) is 18.7 Å². The lowest BCUT2D eigenvalue weighted by Gasteiger charge is -2.33. The lowest BCUT2D eigenvalue weighted by molar-refractivity contribution is -0.140. The van der Waals surface area contributed by atoms with Gasteiger partial charge in [0.15, 0.2) is 5.78 Å². The Bertz CT molecular complexity index is 1200. The number of hydrogen-bond donors (Lipinski definition) is 1. The van der Waals surface area contributed by atoms with E-state index in [0.29, 0.717) is 22.6 Å². The highest BCUT2D eigenvalue weighted by Gasteiger charge is 2.32. The summed E-state index contributed by atoms with van der Waals surface area (Å²) in [5.74, 6) is -1.12. The van der Waals surface area contributed by atoms with Gasteiger partial charge in [0.1, 0.15) is 12.6 Å². The first-order chi connectivity index (χ1) is 16.9. The molecule has 36 heavy (non-hydrogen) atoms. The number of hydrogen-bond acceptors (Lipinski definition) is 5. The number of benzene rings is 2. The second-order valence-corrected chi connectivity index (χ2v) is 11.0. The van der Waals surface area contributed by atoms with Crippen LogP contribution in [0.2, 0.25) is 5.02 Å². The molecular formula is C26H34ClN3O5S. The summed E-state index contributed by atoms with van der Waals surface area (Å²) in [6.45, 7) is 6.46. The van der Waals surface area contributed by atoms with Crippen molar-refractivity contribution in [3.05, 3.63) is 64.7 Å². The molecule has 0 bridgehead atoms. The van der Waals surface area contributed by atoms with E-state index in [2.05, 4.69) is 5.32 Å². The second-order valence-electron chi connectivity index (χ2n) is 8.73. The number of Topliss-reactive ketones (excluding diaryl/α,β-unsaturated/α-hetero) is 1. The number of rotatable bonds is 12. The van der Waals surface area contributed by atoms with Crippen LogP contribution < -0.4 is 9.62 Å². The highest BCUT2D eigenvalue weighted by atomic mass is 35.5. The van der Waals surface area contributed by atoms with Gasteiger partial charge >= 0.3 is 0 Å². The van der Waals surface area contributed by atoms with Crippen LogP contribution in [0.25, 0.3) is 0 Å². The third-order valence-electron chi connectivity index (χ3n) is 5.91. The van der Waals surface area contributed by atoms with Gasteiger partial charge in [-0.2, -0.15) is 0 Å². The van der Waals surface area contributed by atoms with Crippen molar-refractivity contribution in [2.24, 2.45) is 0 Å². The molecule has 0 heterocycles. The maximum absolute atomic E-state index is 13.7. The van der Waals surface area contributed by atoms with E-state index in [4.69, 9.17) is 11.6 Å². The standard InChI is InChI=1S/C26H34ClN3O5S/c1-6-18(3)28-26(33)24(7-2)29(16-21-11-8-9-14-23(21)27)25(32)17-30(36(5,34)35)22-13-10-12-20(15-22)19(4)31/h8-15,18,24H,6-7,16-17H2,1-5H3,(H,28,33)/t18-,24-/m0/s1. The van der Waals surface area contributed by atoms with Gasteiger partial charge in [-0.15, -0.1) is 0 Å². The molecule has 0 radical (unpaired) electrons. The van der Waals surface area contributed by atoms with Crippen LogP contribution in [0.15, 0.2) is 48.5 Å². The quantitative estimate of drug-likeness (QED) is 0.413. The topological polar surface area (TPSA) is 104 Å². The number of carbonyl (C=O) groups is 3. The minimum Gasteiger partial charge on any atom is -0.352 e. The molecule has 0 fully saturated rings. The molecule has 2 aromatic rings. The molecular weight excluding hydrogens is 502 g/mol. The monoisotopic (exact) mass is 535 g/mol. The first kappa shape index (κ1) is 29.3. The first-order valence-electron chi connectivity index (χ1n) is 11.8. The summed E-state index contributed by atoms with van der Waals surface area (Å²) in [6.07, 6.45) is 2.03. The number of sulfonamides is 1. The number of amides is 2. The van der Waals surface area contributed by atoms with Crippen LogP contribution in [0, 0.1) is 0 Å². The predicted molar refractivity (Wildman–Crippen MR) is 143 cm³/mol. The summed E-state index contributed by atoms with van der Waals surface area (Å²) in [4.78, 5) is 40.0.